The minimum absolute atomic E-state index is 0.139. The number of fused-ring (bicyclic) bond motifs is 1. The van der Waals surface area contributed by atoms with Crippen LogP contribution in [-0.4, -0.2) is 37.0 Å². The molecule has 2 aromatic carbocycles. The lowest BCUT2D eigenvalue weighted by Gasteiger charge is -2.35. The van der Waals surface area contributed by atoms with E-state index in [0.717, 1.165) is 30.5 Å². The largest absolute Gasteiger partial charge is 0.481 e. The lowest BCUT2D eigenvalue weighted by molar-refractivity contribution is -0.137. The number of halogens is 1. The van der Waals surface area contributed by atoms with Gasteiger partial charge in [0.1, 0.15) is 0 Å². The van der Waals surface area contributed by atoms with Crippen molar-refractivity contribution in [2.75, 3.05) is 11.3 Å². The van der Waals surface area contributed by atoms with E-state index in [1.807, 2.05) is 6.07 Å². The number of carboxylic acids is 1. The topological polar surface area (TPSA) is 86.7 Å². The van der Waals surface area contributed by atoms with Gasteiger partial charge >= 0.3 is 5.97 Å². The lowest BCUT2D eigenvalue weighted by Crippen LogP contribution is -2.39. The number of anilines is 1. The van der Waals surface area contributed by atoms with E-state index < -0.39 is 16.0 Å². The van der Waals surface area contributed by atoms with E-state index in [2.05, 4.69) is 16.5 Å². The Labute approximate surface area is 176 Å². The van der Waals surface area contributed by atoms with Crippen LogP contribution in [0.25, 0.3) is 0 Å². The Kier molecular flexibility index (Phi) is 6.82. The van der Waals surface area contributed by atoms with Crippen molar-refractivity contribution in [1.29, 1.82) is 0 Å². The fourth-order valence-corrected chi connectivity index (χ4v) is 5.03. The summed E-state index contributed by atoms with van der Waals surface area (Å²) in [5.41, 5.74) is 2.52. The van der Waals surface area contributed by atoms with Crippen LogP contribution in [0.15, 0.2) is 47.4 Å². The van der Waals surface area contributed by atoms with Gasteiger partial charge in [-0.15, -0.1) is 0 Å². The zero-order valence-electron chi connectivity index (χ0n) is 16.3. The number of hydrogen-bond acceptors (Lipinski definition) is 4. The predicted molar refractivity (Wildman–Crippen MR) is 114 cm³/mol. The monoisotopic (exact) mass is 436 g/mol. The Hall–Kier alpha value is -2.09. The van der Waals surface area contributed by atoms with E-state index >= 15 is 0 Å². The normalized spacial score (nSPS) is 15.5. The van der Waals surface area contributed by atoms with Crippen LogP contribution < -0.4 is 4.72 Å². The van der Waals surface area contributed by atoms with Crippen LogP contribution in [0.5, 0.6) is 0 Å². The molecule has 3 rings (SSSR count). The molecule has 0 fully saturated rings. The van der Waals surface area contributed by atoms with E-state index in [0.29, 0.717) is 23.7 Å². The molecule has 0 saturated heterocycles. The molecule has 0 bridgehead atoms. The molecule has 8 heteroatoms. The van der Waals surface area contributed by atoms with Crippen molar-refractivity contribution in [3.05, 3.63) is 58.6 Å². The van der Waals surface area contributed by atoms with E-state index in [1.165, 1.54) is 0 Å². The second kappa shape index (κ2) is 9.15. The summed E-state index contributed by atoms with van der Waals surface area (Å²) in [6.07, 6.45) is 2.41. The van der Waals surface area contributed by atoms with Gasteiger partial charge in [-0.3, -0.25) is 14.4 Å². The van der Waals surface area contributed by atoms with Gasteiger partial charge in [-0.05, 0) is 60.7 Å². The van der Waals surface area contributed by atoms with Crippen LogP contribution in [0, 0.1) is 0 Å². The molecule has 1 unspecified atom stereocenters. The molecule has 2 aromatic rings. The molecule has 1 aliphatic rings. The average Bonchev–Trinajstić information content (AvgIpc) is 2.67. The first kappa shape index (κ1) is 21.6. The van der Waals surface area contributed by atoms with Crippen molar-refractivity contribution in [2.45, 2.75) is 50.1 Å². The van der Waals surface area contributed by atoms with Crippen molar-refractivity contribution < 1.29 is 18.3 Å². The summed E-state index contributed by atoms with van der Waals surface area (Å²) in [6, 6.07) is 12.0. The fourth-order valence-electron chi connectivity index (χ4n) is 3.74. The van der Waals surface area contributed by atoms with Crippen LogP contribution in [0.3, 0.4) is 0 Å². The molecule has 0 radical (unpaired) electrons. The van der Waals surface area contributed by atoms with Crippen LogP contribution in [0.2, 0.25) is 5.02 Å². The second-order valence-corrected chi connectivity index (χ2v) is 9.38. The number of nitrogens with zero attached hydrogens (tertiary/aromatic N) is 1. The summed E-state index contributed by atoms with van der Waals surface area (Å²) < 4.78 is 28.2. The third kappa shape index (κ3) is 5.50. The van der Waals surface area contributed by atoms with Crippen LogP contribution in [0.4, 0.5) is 5.69 Å². The molecule has 0 aliphatic carbocycles. The van der Waals surface area contributed by atoms with Crippen molar-refractivity contribution in [3.8, 4) is 0 Å². The number of hydrogen-bond donors (Lipinski definition) is 2. The second-order valence-electron chi connectivity index (χ2n) is 7.26. The van der Waals surface area contributed by atoms with Gasteiger partial charge in [0.15, 0.2) is 0 Å². The van der Waals surface area contributed by atoms with Crippen molar-refractivity contribution in [1.82, 2.24) is 4.90 Å². The maximum Gasteiger partial charge on any atom is 0.303 e. The van der Waals surface area contributed by atoms with E-state index in [4.69, 9.17) is 16.7 Å². The first-order chi connectivity index (χ1) is 13.8. The van der Waals surface area contributed by atoms with Gasteiger partial charge in [0, 0.05) is 30.6 Å². The van der Waals surface area contributed by atoms with Gasteiger partial charge in [0.05, 0.1) is 10.6 Å². The smallest absolute Gasteiger partial charge is 0.303 e. The van der Waals surface area contributed by atoms with Gasteiger partial charge in [-0.2, -0.15) is 0 Å². The van der Waals surface area contributed by atoms with E-state index in [9.17, 15) is 13.2 Å². The van der Waals surface area contributed by atoms with Gasteiger partial charge in [-0.25, -0.2) is 8.42 Å². The standard InChI is InChI=1S/C21H25ClN2O4S/c1-2-19(7-9-21(25)26)24-11-10-15-6-8-20(12-16(15)14-24)29(27,28)23-18-5-3-4-17(22)13-18/h3-6,8,12-13,19,23H,2,7,9-11,14H2,1H3,(H,25,26). The molecule has 156 valence electrons. The molecule has 2 N–H and O–H groups in total. The van der Waals surface area contributed by atoms with Crippen LogP contribution >= 0.6 is 11.6 Å². The molecule has 1 atom stereocenters. The Morgan fingerprint density at radius 1 is 1.24 bits per heavy atom. The number of nitrogens with one attached hydrogen (secondary N) is 1. The number of benzene rings is 2. The number of aliphatic carboxylic acids is 1. The Balaban J connectivity index is 1.79. The highest BCUT2D eigenvalue weighted by atomic mass is 35.5. The van der Waals surface area contributed by atoms with E-state index in [-0.39, 0.29) is 17.4 Å². The van der Waals surface area contributed by atoms with Gasteiger partial charge in [0.25, 0.3) is 10.0 Å². The summed E-state index contributed by atoms with van der Waals surface area (Å²) in [5.74, 6) is -0.790. The Morgan fingerprint density at radius 2 is 2.03 bits per heavy atom. The van der Waals surface area contributed by atoms with Gasteiger partial charge in [0.2, 0.25) is 0 Å². The molecular weight excluding hydrogens is 412 g/mol. The number of rotatable bonds is 8. The number of carbonyl (C=O) groups is 1. The first-order valence-electron chi connectivity index (χ1n) is 9.64. The SMILES string of the molecule is CCC(CCC(=O)O)N1CCc2ccc(S(=O)(=O)Nc3cccc(Cl)c3)cc2C1. The summed E-state index contributed by atoms with van der Waals surface area (Å²) in [4.78, 5) is 13.4. The summed E-state index contributed by atoms with van der Waals surface area (Å²) >= 11 is 5.94. The van der Waals surface area contributed by atoms with Gasteiger partial charge < -0.3 is 5.11 Å². The third-order valence-electron chi connectivity index (χ3n) is 5.29. The zero-order chi connectivity index (χ0) is 21.0. The van der Waals surface area contributed by atoms with E-state index in [1.54, 1.807) is 36.4 Å². The Bertz CT molecular complexity index is 994. The average molecular weight is 437 g/mol. The van der Waals surface area contributed by atoms with Crippen molar-refractivity contribution in [2.24, 2.45) is 0 Å². The fraction of sp³-hybridized carbons (Fsp3) is 0.381. The number of sulfonamides is 1. The highest BCUT2D eigenvalue weighted by Crippen LogP contribution is 2.27. The maximum absolute atomic E-state index is 12.8. The Morgan fingerprint density at radius 3 is 2.72 bits per heavy atom. The quantitative estimate of drug-likeness (QED) is 0.649. The molecule has 0 spiro atoms. The molecule has 0 saturated carbocycles. The zero-order valence-corrected chi connectivity index (χ0v) is 17.8. The summed E-state index contributed by atoms with van der Waals surface area (Å²) in [6.45, 7) is 3.52. The minimum Gasteiger partial charge on any atom is -0.481 e. The molecule has 1 heterocycles. The van der Waals surface area contributed by atoms with Crippen LogP contribution in [-0.2, 0) is 27.8 Å². The molecule has 6 nitrogen and oxygen atoms in total. The highest BCUT2D eigenvalue weighted by molar-refractivity contribution is 7.92. The first-order valence-corrected chi connectivity index (χ1v) is 11.5. The molecule has 1 aliphatic heterocycles. The maximum atomic E-state index is 12.8. The molecule has 0 amide bonds. The molecule has 29 heavy (non-hydrogen) atoms. The van der Waals surface area contributed by atoms with Crippen molar-refractivity contribution >= 4 is 33.3 Å². The summed E-state index contributed by atoms with van der Waals surface area (Å²) in [5, 5.41) is 9.43. The van der Waals surface area contributed by atoms with Gasteiger partial charge in [-0.1, -0.05) is 30.7 Å². The lowest BCUT2D eigenvalue weighted by atomic mass is 9.96. The summed E-state index contributed by atoms with van der Waals surface area (Å²) in [7, 11) is -3.73. The molecular formula is C21H25ClN2O4S. The minimum atomic E-state index is -3.73. The predicted octanol–water partition coefficient (Wildman–Crippen LogP) is 4.14. The highest BCUT2D eigenvalue weighted by Gasteiger charge is 2.25. The third-order valence-corrected chi connectivity index (χ3v) is 6.90. The molecule has 0 aromatic heterocycles. The van der Waals surface area contributed by atoms with Crippen LogP contribution in [0.1, 0.15) is 37.3 Å². The number of carboxylic acid groups (broad SMARTS) is 1. The van der Waals surface area contributed by atoms with Crippen molar-refractivity contribution in [3.63, 3.8) is 0 Å².